The van der Waals surface area contributed by atoms with Gasteiger partial charge < -0.3 is 11.1 Å². The highest BCUT2D eigenvalue weighted by Gasteiger charge is 2.12. The van der Waals surface area contributed by atoms with E-state index in [-0.39, 0.29) is 6.04 Å². The minimum Gasteiger partial charge on any atom is -0.377 e. The normalized spacial score (nSPS) is 12.3. The molecule has 21 heavy (non-hydrogen) atoms. The third-order valence-electron chi connectivity index (χ3n) is 3.30. The zero-order chi connectivity index (χ0) is 15.6. The van der Waals surface area contributed by atoms with Crippen LogP contribution in [-0.2, 0) is 0 Å². The molecule has 2 rings (SSSR count). The predicted octanol–water partition coefficient (Wildman–Crippen LogP) is 5.48. The van der Waals surface area contributed by atoms with Crippen LogP contribution < -0.4 is 11.1 Å². The predicted molar refractivity (Wildman–Crippen MR) is 95.5 cm³/mol. The zero-order valence-corrected chi connectivity index (χ0v) is 15.0. The number of hydrogen-bond acceptors (Lipinski definition) is 2. The summed E-state index contributed by atoms with van der Waals surface area (Å²) in [4.78, 5) is 0. The molecule has 0 spiro atoms. The van der Waals surface area contributed by atoms with Crippen molar-refractivity contribution >= 4 is 44.8 Å². The lowest BCUT2D eigenvalue weighted by atomic mass is 10.1. The summed E-state index contributed by atoms with van der Waals surface area (Å²) in [7, 11) is 0. The van der Waals surface area contributed by atoms with Gasteiger partial charge in [0.25, 0.3) is 0 Å². The van der Waals surface area contributed by atoms with Gasteiger partial charge in [0.05, 0.1) is 6.04 Å². The Kier molecular flexibility index (Phi) is 5.55. The molecule has 0 aliphatic carbocycles. The number of halogens is 3. The van der Waals surface area contributed by atoms with Crippen LogP contribution in [0.15, 0.2) is 34.8 Å². The van der Waals surface area contributed by atoms with Gasteiger partial charge in [-0.1, -0.05) is 39.1 Å². The highest BCUT2D eigenvalue weighted by molar-refractivity contribution is 9.10. The summed E-state index contributed by atoms with van der Waals surface area (Å²) >= 11 is 15.7. The van der Waals surface area contributed by atoms with Crippen LogP contribution in [0.5, 0.6) is 0 Å². The number of aryl methyl sites for hydroxylation is 2. The van der Waals surface area contributed by atoms with E-state index in [0.29, 0.717) is 16.6 Å². The Morgan fingerprint density at radius 1 is 1.05 bits per heavy atom. The molecule has 2 nitrogen and oxygen atoms in total. The fourth-order valence-electron chi connectivity index (χ4n) is 2.29. The van der Waals surface area contributed by atoms with Gasteiger partial charge in [0.1, 0.15) is 0 Å². The van der Waals surface area contributed by atoms with Crippen molar-refractivity contribution in [2.75, 3.05) is 11.9 Å². The van der Waals surface area contributed by atoms with Crippen molar-refractivity contribution in [3.05, 3.63) is 61.5 Å². The maximum absolute atomic E-state index is 6.07. The number of nitrogens with one attached hydrogen (secondary N) is 1. The van der Waals surface area contributed by atoms with Crippen molar-refractivity contribution in [2.24, 2.45) is 5.73 Å². The first-order chi connectivity index (χ1) is 9.90. The minimum atomic E-state index is -0.0406. The quantitative estimate of drug-likeness (QED) is 0.728. The molecule has 0 saturated carbocycles. The van der Waals surface area contributed by atoms with E-state index in [1.165, 1.54) is 11.1 Å². The molecule has 3 N–H and O–H groups in total. The van der Waals surface area contributed by atoms with Crippen LogP contribution >= 0.6 is 39.1 Å². The first-order valence-corrected chi connectivity index (χ1v) is 8.15. The van der Waals surface area contributed by atoms with Crippen LogP contribution in [0, 0.1) is 13.8 Å². The molecule has 0 heterocycles. The lowest BCUT2D eigenvalue weighted by molar-refractivity contribution is 0.790. The molecule has 1 atom stereocenters. The molecule has 1 unspecified atom stereocenters. The third kappa shape index (κ3) is 4.13. The van der Waals surface area contributed by atoms with Crippen LogP contribution in [0.25, 0.3) is 0 Å². The van der Waals surface area contributed by atoms with E-state index >= 15 is 0 Å². The number of anilines is 1. The maximum atomic E-state index is 6.07. The Morgan fingerprint density at radius 2 is 1.57 bits per heavy atom. The van der Waals surface area contributed by atoms with E-state index in [2.05, 4.69) is 47.2 Å². The van der Waals surface area contributed by atoms with Crippen LogP contribution in [0.3, 0.4) is 0 Å². The first kappa shape index (κ1) is 16.6. The number of rotatable bonds is 4. The Bertz CT molecular complexity index is 615. The molecule has 5 heteroatoms. The molecule has 0 radical (unpaired) electrons. The van der Waals surface area contributed by atoms with Crippen molar-refractivity contribution in [3.8, 4) is 0 Å². The van der Waals surface area contributed by atoms with Crippen molar-refractivity contribution in [2.45, 2.75) is 19.9 Å². The summed E-state index contributed by atoms with van der Waals surface area (Å²) in [6.07, 6.45) is 0. The monoisotopic (exact) mass is 386 g/mol. The van der Waals surface area contributed by atoms with Crippen molar-refractivity contribution < 1.29 is 0 Å². The molecule has 0 bridgehead atoms. The molecule has 0 saturated heterocycles. The highest BCUT2D eigenvalue weighted by Crippen LogP contribution is 2.29. The van der Waals surface area contributed by atoms with E-state index in [9.17, 15) is 0 Å². The smallest absolute Gasteiger partial charge is 0.0637 e. The summed E-state index contributed by atoms with van der Waals surface area (Å²) in [5.74, 6) is 0. The van der Waals surface area contributed by atoms with Crippen LogP contribution in [0.4, 0.5) is 5.69 Å². The zero-order valence-electron chi connectivity index (χ0n) is 11.9. The summed E-state index contributed by atoms with van der Waals surface area (Å²) in [5, 5.41) is 4.67. The van der Waals surface area contributed by atoms with E-state index in [1.807, 2.05) is 12.1 Å². The summed E-state index contributed by atoms with van der Waals surface area (Å²) in [6, 6.07) is 9.63. The van der Waals surface area contributed by atoms with E-state index in [4.69, 9.17) is 28.9 Å². The van der Waals surface area contributed by atoms with Gasteiger partial charge in [-0.05, 0) is 60.9 Å². The second-order valence-corrected chi connectivity index (χ2v) is 6.73. The molecular weight excluding hydrogens is 371 g/mol. The lowest BCUT2D eigenvalue weighted by Gasteiger charge is -2.20. The molecular formula is C16H17BrCl2N2. The SMILES string of the molecule is Cc1cc(NC(CN)c2cc(Cl)cc(Cl)c2)cc(C)c1Br. The van der Waals surface area contributed by atoms with Gasteiger partial charge in [0, 0.05) is 26.8 Å². The summed E-state index contributed by atoms with van der Waals surface area (Å²) in [6.45, 7) is 4.58. The molecule has 0 fully saturated rings. The van der Waals surface area contributed by atoms with Gasteiger partial charge in [0.15, 0.2) is 0 Å². The van der Waals surface area contributed by atoms with E-state index in [0.717, 1.165) is 15.7 Å². The van der Waals surface area contributed by atoms with Crippen molar-refractivity contribution in [1.82, 2.24) is 0 Å². The average Bonchev–Trinajstić information content (AvgIpc) is 2.40. The third-order valence-corrected chi connectivity index (χ3v) is 4.99. The number of benzene rings is 2. The molecule has 0 aromatic heterocycles. The minimum absolute atomic E-state index is 0.0406. The molecule has 112 valence electrons. The van der Waals surface area contributed by atoms with Gasteiger partial charge in [-0.2, -0.15) is 0 Å². The van der Waals surface area contributed by atoms with Crippen molar-refractivity contribution in [1.29, 1.82) is 0 Å². The van der Waals surface area contributed by atoms with Gasteiger partial charge in [-0.3, -0.25) is 0 Å². The van der Waals surface area contributed by atoms with E-state index in [1.54, 1.807) is 6.07 Å². The molecule has 0 aliphatic heterocycles. The maximum Gasteiger partial charge on any atom is 0.0637 e. The Balaban J connectivity index is 2.31. The topological polar surface area (TPSA) is 38.0 Å². The van der Waals surface area contributed by atoms with E-state index < -0.39 is 0 Å². The Morgan fingerprint density at radius 3 is 2.05 bits per heavy atom. The van der Waals surface area contributed by atoms with Gasteiger partial charge >= 0.3 is 0 Å². The molecule has 2 aromatic carbocycles. The van der Waals surface area contributed by atoms with Crippen LogP contribution in [0.1, 0.15) is 22.7 Å². The lowest BCUT2D eigenvalue weighted by Crippen LogP contribution is -2.20. The molecule has 0 amide bonds. The second-order valence-electron chi connectivity index (χ2n) is 5.06. The van der Waals surface area contributed by atoms with Gasteiger partial charge in [-0.15, -0.1) is 0 Å². The fraction of sp³-hybridized carbons (Fsp3) is 0.250. The Labute approximate surface area is 143 Å². The second kappa shape index (κ2) is 7.01. The summed E-state index contributed by atoms with van der Waals surface area (Å²) in [5.41, 5.74) is 10.3. The highest BCUT2D eigenvalue weighted by atomic mass is 79.9. The number of nitrogens with two attached hydrogens (primary N) is 1. The van der Waals surface area contributed by atoms with Crippen molar-refractivity contribution in [3.63, 3.8) is 0 Å². The van der Waals surface area contributed by atoms with Crippen LogP contribution in [0.2, 0.25) is 10.0 Å². The van der Waals surface area contributed by atoms with Gasteiger partial charge in [-0.25, -0.2) is 0 Å². The molecule has 2 aromatic rings. The fourth-order valence-corrected chi connectivity index (χ4v) is 3.06. The summed E-state index contributed by atoms with van der Waals surface area (Å²) < 4.78 is 1.13. The number of hydrogen-bond donors (Lipinski definition) is 2. The average molecular weight is 388 g/mol. The van der Waals surface area contributed by atoms with Crippen LogP contribution in [-0.4, -0.2) is 6.54 Å². The largest absolute Gasteiger partial charge is 0.377 e. The molecule has 0 aliphatic rings. The first-order valence-electron chi connectivity index (χ1n) is 6.60. The van der Waals surface area contributed by atoms with Gasteiger partial charge in [0.2, 0.25) is 0 Å². The Hall–Kier alpha value is -0.740. The standard InChI is InChI=1S/C16H17BrCl2N2/c1-9-3-14(4-10(2)16(9)17)21-15(8-20)11-5-12(18)7-13(19)6-11/h3-7,15,21H,8,20H2,1-2H3.